The van der Waals surface area contributed by atoms with Gasteiger partial charge >= 0.3 is 0 Å². The van der Waals surface area contributed by atoms with E-state index in [-0.39, 0.29) is 35.4 Å². The first-order valence-electron chi connectivity index (χ1n) is 10.3. The van der Waals surface area contributed by atoms with Gasteiger partial charge < -0.3 is 38.8 Å². The number of fused-ring (bicyclic) bond motifs is 6. The Morgan fingerprint density at radius 1 is 1.06 bits per heavy atom. The van der Waals surface area contributed by atoms with Gasteiger partial charge in [-0.05, 0) is 30.3 Å². The van der Waals surface area contributed by atoms with Crippen LogP contribution in [-0.4, -0.2) is 52.4 Å². The third-order valence-corrected chi connectivity index (χ3v) is 5.55. The minimum absolute atomic E-state index is 0. The fourth-order valence-corrected chi connectivity index (χ4v) is 3.91. The highest BCUT2D eigenvalue weighted by Gasteiger charge is 2.14. The fourth-order valence-electron chi connectivity index (χ4n) is 3.91. The Balaban J connectivity index is 0.00000245. The van der Waals surface area contributed by atoms with Crippen molar-refractivity contribution in [2.24, 2.45) is 0 Å². The maximum atomic E-state index is 13.2. The van der Waals surface area contributed by atoms with Gasteiger partial charge in [-0.1, -0.05) is 18.2 Å². The maximum absolute atomic E-state index is 13.2. The van der Waals surface area contributed by atoms with E-state index in [9.17, 15) is 9.59 Å². The number of anilines is 1. The van der Waals surface area contributed by atoms with Crippen LogP contribution in [0.2, 0.25) is 0 Å². The predicted octanol–water partition coefficient (Wildman–Crippen LogP) is 0.521. The number of hydrogen-bond donors (Lipinski definition) is 2. The van der Waals surface area contributed by atoms with Gasteiger partial charge in [0.2, 0.25) is 5.91 Å². The van der Waals surface area contributed by atoms with Gasteiger partial charge in [-0.25, -0.2) is 4.98 Å². The third-order valence-electron chi connectivity index (χ3n) is 5.55. The number of nitrogens with one attached hydrogen (secondary N) is 2. The van der Waals surface area contributed by atoms with Crippen molar-refractivity contribution in [2.45, 2.75) is 6.42 Å². The fraction of sp³-hybridized carbons (Fsp3) is 0.208. The van der Waals surface area contributed by atoms with Crippen LogP contribution in [0.3, 0.4) is 0 Å². The second-order valence-corrected chi connectivity index (χ2v) is 8.93. The van der Waals surface area contributed by atoms with E-state index in [0.29, 0.717) is 33.1 Å². The number of nitrogens with zero attached hydrogens (tertiary/aromatic N) is 3. The number of H-pyrrole nitrogens is 1. The molecule has 0 aliphatic rings. The lowest BCUT2D eigenvalue weighted by Gasteiger charge is -2.23. The van der Waals surface area contributed by atoms with E-state index in [0.717, 1.165) is 28.4 Å². The van der Waals surface area contributed by atoms with Gasteiger partial charge in [0.1, 0.15) is 0 Å². The summed E-state index contributed by atoms with van der Waals surface area (Å²) in [6.07, 6.45) is 2.17. The van der Waals surface area contributed by atoms with E-state index in [2.05, 4.69) is 16.4 Å². The molecule has 7 nitrogen and oxygen atoms in total. The topological polar surface area (TPSA) is 79.3 Å². The van der Waals surface area contributed by atoms with Gasteiger partial charge in [-0.2, -0.15) is 0 Å². The lowest BCUT2D eigenvalue weighted by Crippen LogP contribution is -3.00. The summed E-state index contributed by atoms with van der Waals surface area (Å²) >= 11 is 0. The smallest absolute Gasteiger partial charge is 0.265 e. The Hall–Kier alpha value is -2.98. The van der Waals surface area contributed by atoms with Crippen LogP contribution >= 0.6 is 0 Å². The number of halogens is 1. The minimum Gasteiger partial charge on any atom is -1.00 e. The second-order valence-electron chi connectivity index (χ2n) is 8.93. The van der Waals surface area contributed by atoms with Gasteiger partial charge in [-0.15, -0.1) is 0 Å². The molecular weight excluding hydrogens is 517 g/mol. The van der Waals surface area contributed by atoms with Crippen molar-refractivity contribution in [3.05, 3.63) is 65.1 Å². The SMILES string of the molecule is C[N+](C)(C)CCC(=O)Nc1ccc2nc3c4[nH]c5ccccc5c4ccn3c(=O)c2c1.[I-]. The number of carbonyl (C=O) groups is 1. The Bertz CT molecular complexity index is 1550. The number of quaternary nitrogens is 1. The quantitative estimate of drug-likeness (QED) is 0.198. The highest BCUT2D eigenvalue weighted by molar-refractivity contribution is 6.11. The number of amides is 1. The lowest BCUT2D eigenvalue weighted by molar-refractivity contribution is -0.869. The number of para-hydroxylation sites is 1. The zero-order valence-electron chi connectivity index (χ0n) is 18.1. The number of aromatic nitrogens is 3. The molecule has 1 amide bonds. The first-order valence-corrected chi connectivity index (χ1v) is 10.3. The monoisotopic (exact) mass is 541 g/mol. The molecule has 3 aromatic heterocycles. The summed E-state index contributed by atoms with van der Waals surface area (Å²) in [5, 5.41) is 5.50. The lowest BCUT2D eigenvalue weighted by atomic mass is 10.1. The van der Waals surface area contributed by atoms with Crippen molar-refractivity contribution in [3.63, 3.8) is 0 Å². The number of benzene rings is 2. The standard InChI is InChI=1S/C24H23N5O2.HI/c1-29(2,3)13-11-21(30)25-15-8-9-20-18(14-15)24(31)28-12-10-17-16-6-4-5-7-19(16)26-22(17)23(28)27-20;/h4-10,12,14H,11,13H2,1-3H3,(H-,25,26,27,30,31);1H. The Labute approximate surface area is 201 Å². The molecule has 0 atom stereocenters. The molecule has 0 radical (unpaired) electrons. The highest BCUT2D eigenvalue weighted by Crippen LogP contribution is 2.27. The van der Waals surface area contributed by atoms with Gasteiger partial charge in [0.25, 0.3) is 5.56 Å². The van der Waals surface area contributed by atoms with Gasteiger partial charge in [0.05, 0.1) is 50.5 Å². The molecule has 0 saturated carbocycles. The van der Waals surface area contributed by atoms with Crippen molar-refractivity contribution in [3.8, 4) is 0 Å². The largest absolute Gasteiger partial charge is 1.00 e. The predicted molar refractivity (Wildman–Crippen MR) is 124 cm³/mol. The molecule has 0 fully saturated rings. The summed E-state index contributed by atoms with van der Waals surface area (Å²) in [4.78, 5) is 33.7. The average Bonchev–Trinajstić information content (AvgIpc) is 3.12. The normalized spacial score (nSPS) is 11.8. The molecule has 0 bridgehead atoms. The minimum atomic E-state index is -0.164. The van der Waals surface area contributed by atoms with E-state index in [1.54, 1.807) is 28.8 Å². The van der Waals surface area contributed by atoms with Crippen LogP contribution in [0.1, 0.15) is 6.42 Å². The molecule has 0 aliphatic carbocycles. The van der Waals surface area contributed by atoms with Gasteiger partial charge in [-0.3, -0.25) is 14.0 Å². The Morgan fingerprint density at radius 3 is 2.62 bits per heavy atom. The first-order chi connectivity index (χ1) is 14.8. The molecule has 0 saturated heterocycles. The second kappa shape index (κ2) is 8.18. The van der Waals surface area contributed by atoms with Crippen molar-refractivity contribution in [1.29, 1.82) is 0 Å². The van der Waals surface area contributed by atoms with Crippen molar-refractivity contribution < 1.29 is 33.3 Å². The highest BCUT2D eigenvalue weighted by atomic mass is 127. The Morgan fingerprint density at radius 2 is 1.84 bits per heavy atom. The summed E-state index contributed by atoms with van der Waals surface area (Å²) in [6, 6.07) is 15.3. The van der Waals surface area contributed by atoms with Crippen LogP contribution in [0.5, 0.6) is 0 Å². The molecular formula is C24H24IN5O2. The van der Waals surface area contributed by atoms with Gasteiger partial charge in [0.15, 0.2) is 5.65 Å². The number of rotatable bonds is 4. The maximum Gasteiger partial charge on any atom is 0.265 e. The molecule has 5 aromatic rings. The molecule has 5 rings (SSSR count). The summed E-state index contributed by atoms with van der Waals surface area (Å²) in [5.74, 6) is -0.0685. The summed E-state index contributed by atoms with van der Waals surface area (Å²) in [6.45, 7) is 0.731. The number of hydrogen-bond acceptors (Lipinski definition) is 3. The van der Waals surface area contributed by atoms with Crippen LogP contribution in [0, 0.1) is 0 Å². The first kappa shape index (κ1) is 22.2. The molecule has 0 aliphatic heterocycles. The van der Waals surface area contributed by atoms with Crippen LogP contribution in [0.4, 0.5) is 5.69 Å². The molecule has 0 spiro atoms. The molecule has 164 valence electrons. The zero-order chi connectivity index (χ0) is 21.8. The van der Waals surface area contributed by atoms with Crippen LogP contribution in [0.25, 0.3) is 38.4 Å². The van der Waals surface area contributed by atoms with E-state index in [4.69, 9.17) is 4.98 Å². The molecule has 8 heteroatoms. The van der Waals surface area contributed by atoms with Crippen molar-refractivity contribution in [1.82, 2.24) is 14.4 Å². The molecule has 3 heterocycles. The van der Waals surface area contributed by atoms with E-state index in [1.165, 1.54) is 0 Å². The van der Waals surface area contributed by atoms with Crippen LogP contribution < -0.4 is 34.9 Å². The van der Waals surface area contributed by atoms with E-state index >= 15 is 0 Å². The Kier molecular flexibility index (Phi) is 5.68. The van der Waals surface area contributed by atoms with E-state index in [1.807, 2.05) is 45.4 Å². The van der Waals surface area contributed by atoms with Crippen LogP contribution in [-0.2, 0) is 4.79 Å². The molecule has 2 N–H and O–H groups in total. The van der Waals surface area contributed by atoms with Crippen LogP contribution in [0.15, 0.2) is 59.5 Å². The van der Waals surface area contributed by atoms with Crippen molar-refractivity contribution >= 4 is 50.0 Å². The summed E-state index contributed by atoms with van der Waals surface area (Å²) in [5.41, 5.74) is 3.46. The number of carbonyl (C=O) groups excluding carboxylic acids is 1. The number of aromatic amines is 1. The van der Waals surface area contributed by atoms with Gasteiger partial charge in [0, 0.05) is 28.2 Å². The summed E-state index contributed by atoms with van der Waals surface area (Å²) in [7, 11) is 6.14. The summed E-state index contributed by atoms with van der Waals surface area (Å²) < 4.78 is 2.27. The molecule has 2 aromatic carbocycles. The molecule has 0 unspecified atom stereocenters. The van der Waals surface area contributed by atoms with E-state index < -0.39 is 0 Å². The molecule has 32 heavy (non-hydrogen) atoms. The average molecular weight is 541 g/mol. The zero-order valence-corrected chi connectivity index (χ0v) is 20.3. The third kappa shape index (κ3) is 3.95. The number of pyridine rings is 1. The van der Waals surface area contributed by atoms with Crippen molar-refractivity contribution in [2.75, 3.05) is 33.0 Å².